The number of amides is 2. The van der Waals surface area contributed by atoms with Gasteiger partial charge in [0.1, 0.15) is 0 Å². The van der Waals surface area contributed by atoms with E-state index < -0.39 is 5.41 Å². The van der Waals surface area contributed by atoms with Crippen molar-refractivity contribution in [3.63, 3.8) is 0 Å². The number of hydrogen-bond donors (Lipinski definition) is 2. The van der Waals surface area contributed by atoms with Crippen molar-refractivity contribution in [2.45, 2.75) is 40.5 Å². The summed E-state index contributed by atoms with van der Waals surface area (Å²) < 4.78 is 0.873. The van der Waals surface area contributed by atoms with Gasteiger partial charge in [0.25, 0.3) is 0 Å². The summed E-state index contributed by atoms with van der Waals surface area (Å²) in [5.41, 5.74) is 7.74. The Morgan fingerprint density at radius 1 is 1.32 bits per heavy atom. The zero-order chi connectivity index (χ0) is 18.1. The highest BCUT2D eigenvalue weighted by Crippen LogP contribution is 2.29. The number of nitrogen functional groups attached to an aromatic ring is 1. The lowest BCUT2D eigenvalue weighted by atomic mass is 9.91. The maximum Gasteiger partial charge on any atom is 0.229 e. The Bertz CT molecular complexity index is 658. The summed E-state index contributed by atoms with van der Waals surface area (Å²) in [6.45, 7) is 8.81. The molecule has 0 radical (unpaired) electrons. The van der Waals surface area contributed by atoms with Crippen LogP contribution in [0.5, 0.6) is 0 Å². The van der Waals surface area contributed by atoms with Crippen molar-refractivity contribution in [3.05, 3.63) is 22.2 Å². The summed E-state index contributed by atoms with van der Waals surface area (Å²) >= 11 is 3.42. The van der Waals surface area contributed by atoms with Crippen molar-refractivity contribution >= 4 is 51.5 Å². The molecule has 3 N–H and O–H groups in total. The van der Waals surface area contributed by atoms with E-state index in [-0.39, 0.29) is 30.1 Å². The summed E-state index contributed by atoms with van der Waals surface area (Å²) in [7, 11) is 0. The van der Waals surface area contributed by atoms with Gasteiger partial charge in [-0.1, -0.05) is 36.7 Å². The van der Waals surface area contributed by atoms with Crippen LogP contribution in [0.1, 0.15) is 39.2 Å². The number of likely N-dealkylation sites (tertiary alicyclic amines) is 1. The molecule has 140 valence electrons. The van der Waals surface area contributed by atoms with Gasteiger partial charge in [-0.2, -0.15) is 0 Å². The highest BCUT2D eigenvalue weighted by molar-refractivity contribution is 9.10. The second-order valence-corrected chi connectivity index (χ2v) is 8.43. The van der Waals surface area contributed by atoms with Gasteiger partial charge in [-0.25, -0.2) is 0 Å². The third-order valence-corrected chi connectivity index (χ3v) is 4.79. The molecule has 2 amide bonds. The highest BCUT2D eigenvalue weighted by atomic mass is 79.9. The lowest BCUT2D eigenvalue weighted by Gasteiger charge is -2.36. The van der Waals surface area contributed by atoms with Crippen molar-refractivity contribution in [1.29, 1.82) is 0 Å². The Hall–Kier alpha value is -1.27. The standard InChI is InChI=1S/C18H26BrN3O2.ClH/c1-11-8-13(19)9-14(15(11)20)21-16(23)12-6-5-7-22(10-12)17(24)18(2,3)4;/h8-9,12H,5-7,10,20H2,1-4H3,(H,21,23);1H. The van der Waals surface area contributed by atoms with Crippen LogP contribution in [-0.2, 0) is 9.59 Å². The molecule has 5 nitrogen and oxygen atoms in total. The van der Waals surface area contributed by atoms with Gasteiger partial charge >= 0.3 is 0 Å². The SMILES string of the molecule is Cc1cc(Br)cc(NC(=O)C2CCCN(C(=O)C(C)(C)C)C2)c1N.Cl. The molecule has 1 saturated heterocycles. The number of carbonyl (C=O) groups is 2. The monoisotopic (exact) mass is 431 g/mol. The van der Waals surface area contributed by atoms with Crippen LogP contribution in [0.25, 0.3) is 0 Å². The van der Waals surface area contributed by atoms with Gasteiger partial charge in [-0.05, 0) is 37.5 Å². The van der Waals surface area contributed by atoms with Crippen molar-refractivity contribution < 1.29 is 9.59 Å². The first-order valence-corrected chi connectivity index (χ1v) is 9.04. The predicted octanol–water partition coefficient (Wildman–Crippen LogP) is 3.98. The molecule has 1 aliphatic rings. The van der Waals surface area contributed by atoms with Crippen molar-refractivity contribution in [1.82, 2.24) is 4.90 Å². The van der Waals surface area contributed by atoms with Gasteiger partial charge in [0.05, 0.1) is 17.3 Å². The summed E-state index contributed by atoms with van der Waals surface area (Å²) in [4.78, 5) is 26.9. The van der Waals surface area contributed by atoms with E-state index in [9.17, 15) is 9.59 Å². The smallest absolute Gasteiger partial charge is 0.229 e. The zero-order valence-electron chi connectivity index (χ0n) is 15.2. The molecule has 1 heterocycles. The lowest BCUT2D eigenvalue weighted by Crippen LogP contribution is -2.47. The van der Waals surface area contributed by atoms with Crippen LogP contribution in [0.15, 0.2) is 16.6 Å². The lowest BCUT2D eigenvalue weighted by molar-refractivity contribution is -0.142. The molecule has 7 heteroatoms. The molecule has 1 unspecified atom stereocenters. The third kappa shape index (κ3) is 5.35. The van der Waals surface area contributed by atoms with Crippen LogP contribution in [0.4, 0.5) is 11.4 Å². The molecule has 0 aliphatic carbocycles. The maximum absolute atomic E-state index is 12.6. The number of carbonyl (C=O) groups excluding carboxylic acids is 2. The average molecular weight is 433 g/mol. The second-order valence-electron chi connectivity index (χ2n) is 7.51. The molecule has 1 fully saturated rings. The maximum atomic E-state index is 12.6. The number of nitrogens with two attached hydrogens (primary N) is 1. The highest BCUT2D eigenvalue weighted by Gasteiger charge is 2.33. The Balaban J connectivity index is 0.00000312. The third-order valence-electron chi connectivity index (χ3n) is 4.33. The molecule has 1 aromatic carbocycles. The zero-order valence-corrected chi connectivity index (χ0v) is 17.6. The number of anilines is 2. The summed E-state index contributed by atoms with van der Waals surface area (Å²) in [5, 5.41) is 2.93. The van der Waals surface area contributed by atoms with Crippen LogP contribution in [-0.4, -0.2) is 29.8 Å². The fourth-order valence-corrected chi connectivity index (χ4v) is 3.51. The molecule has 0 bridgehead atoms. The number of rotatable bonds is 2. The molecule has 0 saturated carbocycles. The number of hydrogen-bond acceptors (Lipinski definition) is 3. The van der Waals surface area contributed by atoms with Crippen LogP contribution in [0.3, 0.4) is 0 Å². The predicted molar refractivity (Wildman–Crippen MR) is 108 cm³/mol. The number of nitrogens with zero attached hydrogens (tertiary/aromatic N) is 1. The van der Waals surface area contributed by atoms with E-state index in [0.29, 0.717) is 17.9 Å². The van der Waals surface area contributed by atoms with Crippen LogP contribution >= 0.6 is 28.3 Å². The quantitative estimate of drug-likeness (QED) is 0.694. The topological polar surface area (TPSA) is 75.4 Å². The van der Waals surface area contributed by atoms with Crippen LogP contribution in [0, 0.1) is 18.3 Å². The molecule has 1 aromatic rings. The van der Waals surface area contributed by atoms with E-state index in [1.165, 1.54) is 0 Å². The summed E-state index contributed by atoms with van der Waals surface area (Å²) in [6, 6.07) is 3.72. The molecule has 1 aliphatic heterocycles. The van der Waals surface area contributed by atoms with Crippen molar-refractivity contribution in [2.24, 2.45) is 11.3 Å². The molecule has 0 spiro atoms. The van der Waals surface area contributed by atoms with Gasteiger partial charge in [0.15, 0.2) is 0 Å². The first-order valence-electron chi connectivity index (χ1n) is 8.25. The van der Waals surface area contributed by atoms with E-state index in [1.807, 2.05) is 38.7 Å². The van der Waals surface area contributed by atoms with Crippen LogP contribution < -0.4 is 11.1 Å². The van der Waals surface area contributed by atoms with Gasteiger partial charge < -0.3 is 16.0 Å². The number of aryl methyl sites for hydroxylation is 1. The number of piperidine rings is 1. The normalized spacial score (nSPS) is 17.6. The van der Waals surface area contributed by atoms with Gasteiger partial charge in [0.2, 0.25) is 11.8 Å². The van der Waals surface area contributed by atoms with E-state index in [4.69, 9.17) is 5.73 Å². The molecule has 25 heavy (non-hydrogen) atoms. The Kier molecular flexibility index (Phi) is 7.32. The first-order chi connectivity index (χ1) is 11.1. The average Bonchev–Trinajstić information content (AvgIpc) is 2.50. The molecule has 1 atom stereocenters. The van der Waals surface area contributed by atoms with E-state index in [2.05, 4.69) is 21.2 Å². The summed E-state index contributed by atoms with van der Waals surface area (Å²) in [5.74, 6) is -0.188. The fraction of sp³-hybridized carbons (Fsp3) is 0.556. The Morgan fingerprint density at radius 3 is 2.56 bits per heavy atom. The molecular formula is C18H27BrClN3O2. The largest absolute Gasteiger partial charge is 0.397 e. The van der Waals surface area contributed by atoms with E-state index >= 15 is 0 Å². The first kappa shape index (κ1) is 21.8. The van der Waals surface area contributed by atoms with Gasteiger partial charge in [-0.15, -0.1) is 12.4 Å². The van der Waals surface area contributed by atoms with E-state index in [0.717, 1.165) is 29.4 Å². The number of nitrogens with one attached hydrogen (secondary N) is 1. The second kappa shape index (κ2) is 8.41. The minimum atomic E-state index is -0.426. The molecule has 0 aromatic heterocycles. The van der Waals surface area contributed by atoms with Crippen LogP contribution in [0.2, 0.25) is 0 Å². The van der Waals surface area contributed by atoms with Crippen molar-refractivity contribution in [3.8, 4) is 0 Å². The number of halogens is 2. The van der Waals surface area contributed by atoms with Gasteiger partial charge in [-0.3, -0.25) is 9.59 Å². The van der Waals surface area contributed by atoms with E-state index in [1.54, 1.807) is 6.07 Å². The number of benzene rings is 1. The van der Waals surface area contributed by atoms with Gasteiger partial charge in [0, 0.05) is 23.0 Å². The minimum Gasteiger partial charge on any atom is -0.397 e. The molecular weight excluding hydrogens is 406 g/mol. The minimum absolute atomic E-state index is 0. The Labute approximate surface area is 164 Å². The fourth-order valence-electron chi connectivity index (χ4n) is 2.94. The van der Waals surface area contributed by atoms with Crippen molar-refractivity contribution in [2.75, 3.05) is 24.1 Å². The summed E-state index contributed by atoms with van der Waals surface area (Å²) in [6.07, 6.45) is 1.62. The molecule has 2 rings (SSSR count). The Morgan fingerprint density at radius 2 is 1.96 bits per heavy atom.